The zero-order valence-electron chi connectivity index (χ0n) is 27.7. The molecule has 0 saturated carbocycles. The molecule has 0 aliphatic heterocycles. The van der Waals surface area contributed by atoms with Crippen LogP contribution in [0, 0.1) is 29.6 Å². The zero-order valence-corrected chi connectivity index (χ0v) is 29.9. The molecular formula is C32H65AlCoO6. The van der Waals surface area contributed by atoms with Gasteiger partial charge in [0.2, 0.25) is 0 Å². The van der Waals surface area contributed by atoms with Crippen LogP contribution in [0.25, 0.3) is 0 Å². The van der Waals surface area contributed by atoms with Crippen LogP contribution in [-0.4, -0.2) is 42.6 Å². The Morgan fingerprint density at radius 2 is 0.900 bits per heavy atom. The number of unbranched alkanes of at least 4 members (excludes halogenated alkanes) is 3. The van der Waals surface area contributed by atoms with Crippen LogP contribution in [0.1, 0.15) is 146 Å². The van der Waals surface area contributed by atoms with Crippen molar-refractivity contribution in [3.8, 4) is 0 Å². The van der Waals surface area contributed by atoms with Gasteiger partial charge in [-0.05, 0) is 38.5 Å². The molecule has 1 radical (unpaired) electrons. The summed E-state index contributed by atoms with van der Waals surface area (Å²) in [5.41, 5.74) is 0. The van der Waals surface area contributed by atoms with Gasteiger partial charge < -0.3 is 14.0 Å². The van der Waals surface area contributed by atoms with Crippen LogP contribution in [0.4, 0.5) is 0 Å². The van der Waals surface area contributed by atoms with Gasteiger partial charge in [-0.15, -0.1) is 0 Å². The van der Waals surface area contributed by atoms with Crippen molar-refractivity contribution in [2.45, 2.75) is 157 Å². The monoisotopic (exact) mass is 631 g/mol. The Labute approximate surface area is 263 Å². The standard InChI is InChI=1S/3C8H16O2.2C4H9.Al.Co/c3*1-3-5-6-7(4-2)8(9)10;2*1-4(2)3;;/h3*7H,3-6H2,1-2H3,(H,9,10);2*4H,1H2,2-3H3;;/q;;;;;+1;/p-1. The summed E-state index contributed by atoms with van der Waals surface area (Å²) in [6, 6.07) is 0. The fourth-order valence-corrected chi connectivity index (χ4v) is 7.36. The van der Waals surface area contributed by atoms with Gasteiger partial charge in [-0.3, -0.25) is 14.4 Å². The van der Waals surface area contributed by atoms with Crippen molar-refractivity contribution >= 4 is 32.4 Å². The second kappa shape index (κ2) is 31.4. The summed E-state index contributed by atoms with van der Waals surface area (Å²) >= 11 is -1.36. The van der Waals surface area contributed by atoms with Crippen molar-refractivity contribution in [1.29, 1.82) is 0 Å². The van der Waals surface area contributed by atoms with E-state index in [1.54, 1.807) is 0 Å². The minimum atomic E-state index is -1.36. The number of carbonyl (C=O) groups excluding carboxylic acids is 1. The van der Waals surface area contributed by atoms with Crippen LogP contribution >= 0.6 is 0 Å². The van der Waals surface area contributed by atoms with Crippen molar-refractivity contribution in [3.05, 3.63) is 0 Å². The number of hydrogen-bond donors (Lipinski definition) is 2. The van der Waals surface area contributed by atoms with Crippen molar-refractivity contribution in [3.63, 3.8) is 0 Å². The Morgan fingerprint density at radius 1 is 0.600 bits per heavy atom. The van der Waals surface area contributed by atoms with Crippen molar-refractivity contribution in [2.75, 3.05) is 0 Å². The van der Waals surface area contributed by atoms with E-state index in [-0.39, 0.29) is 40.5 Å². The summed E-state index contributed by atoms with van der Waals surface area (Å²) in [5, 5.41) is 19.4. The van der Waals surface area contributed by atoms with E-state index in [2.05, 4.69) is 55.4 Å². The van der Waals surface area contributed by atoms with Crippen molar-refractivity contribution < 1.29 is 45.2 Å². The van der Waals surface area contributed by atoms with Gasteiger partial charge in [-0.1, -0.05) is 130 Å². The van der Waals surface area contributed by atoms with Crippen LogP contribution in [0.2, 0.25) is 10.6 Å². The van der Waals surface area contributed by atoms with E-state index in [9.17, 15) is 14.4 Å². The molecule has 40 heavy (non-hydrogen) atoms. The molecule has 241 valence electrons. The van der Waals surface area contributed by atoms with Crippen LogP contribution in [0.15, 0.2) is 0 Å². The minimum absolute atomic E-state index is 0. The van der Waals surface area contributed by atoms with Gasteiger partial charge >= 0.3 is 26.4 Å². The van der Waals surface area contributed by atoms with Crippen molar-refractivity contribution in [1.82, 2.24) is 0 Å². The van der Waals surface area contributed by atoms with Crippen LogP contribution in [0.5, 0.6) is 0 Å². The van der Waals surface area contributed by atoms with E-state index in [0.717, 1.165) is 87.6 Å². The topological polar surface area (TPSA) is 101 Å². The summed E-state index contributed by atoms with van der Waals surface area (Å²) in [5.74, 6) is -0.00661. The first kappa shape index (κ1) is 46.4. The van der Waals surface area contributed by atoms with Gasteiger partial charge in [0.05, 0.1) is 17.8 Å². The van der Waals surface area contributed by atoms with Crippen LogP contribution in [0.3, 0.4) is 0 Å². The molecule has 6 nitrogen and oxygen atoms in total. The molecule has 0 amide bonds. The molecule has 2 N–H and O–H groups in total. The second-order valence-corrected chi connectivity index (χ2v) is 14.2. The van der Waals surface area contributed by atoms with Gasteiger partial charge in [0.1, 0.15) is 0 Å². The SMILES string of the molecule is CCCCC(CC)C(=O)O.CCCCC(CC)C(=O)O.CCCCC(CC)C(=O)[O][Al]([CH2]C(C)C)[CH2]C(C)C.[Co]. The average Bonchev–Trinajstić information content (AvgIpc) is 2.85. The van der Waals surface area contributed by atoms with Crippen LogP contribution in [-0.2, 0) is 35.0 Å². The summed E-state index contributed by atoms with van der Waals surface area (Å²) in [7, 11) is 0. The normalized spacial score (nSPS) is 12.6. The maximum absolute atomic E-state index is 12.3. The molecule has 0 fully saturated rings. The molecule has 0 aromatic heterocycles. The molecule has 0 aromatic carbocycles. The van der Waals surface area contributed by atoms with Gasteiger partial charge in [-0.2, -0.15) is 0 Å². The smallest absolute Gasteiger partial charge is 0.549 e. The van der Waals surface area contributed by atoms with Gasteiger partial charge in [0.15, 0.2) is 0 Å². The number of aliphatic carboxylic acids is 2. The van der Waals surface area contributed by atoms with E-state index >= 15 is 0 Å². The molecule has 0 bridgehead atoms. The predicted molar refractivity (Wildman–Crippen MR) is 166 cm³/mol. The van der Waals surface area contributed by atoms with E-state index < -0.39 is 26.4 Å². The third kappa shape index (κ3) is 29.0. The third-order valence-corrected chi connectivity index (χ3v) is 10.5. The number of hydrogen-bond acceptors (Lipinski definition) is 4. The molecule has 0 heterocycles. The van der Waals surface area contributed by atoms with Gasteiger partial charge in [0, 0.05) is 16.8 Å². The largest absolute Gasteiger partial charge is 0.616 e. The van der Waals surface area contributed by atoms with Crippen molar-refractivity contribution in [2.24, 2.45) is 29.6 Å². The van der Waals surface area contributed by atoms with E-state index in [1.165, 1.54) is 0 Å². The Hall–Kier alpha value is -0.551. The molecule has 0 aliphatic rings. The maximum Gasteiger partial charge on any atom is 0.549 e. The Morgan fingerprint density at radius 3 is 1.12 bits per heavy atom. The molecular weight excluding hydrogens is 566 g/mol. The average molecular weight is 632 g/mol. The first-order chi connectivity index (χ1) is 18.3. The molecule has 0 aliphatic carbocycles. The molecule has 0 rings (SSSR count). The quantitative estimate of drug-likeness (QED) is 0.130. The summed E-state index contributed by atoms with van der Waals surface area (Å²) < 4.78 is 5.92. The second-order valence-electron chi connectivity index (χ2n) is 11.7. The van der Waals surface area contributed by atoms with E-state index in [4.69, 9.17) is 14.0 Å². The fraction of sp³-hybridized carbons (Fsp3) is 0.906. The van der Waals surface area contributed by atoms with Gasteiger partial charge in [0.25, 0.3) is 5.97 Å². The molecule has 0 aromatic rings. The molecule has 3 atom stereocenters. The summed E-state index contributed by atoms with van der Waals surface area (Å²) in [6.45, 7) is 21.2. The van der Waals surface area contributed by atoms with Crippen LogP contribution < -0.4 is 0 Å². The first-order valence-corrected chi connectivity index (χ1v) is 18.1. The third-order valence-electron chi connectivity index (χ3n) is 6.98. The summed E-state index contributed by atoms with van der Waals surface area (Å²) in [4.78, 5) is 33.1. The van der Waals surface area contributed by atoms with E-state index in [0.29, 0.717) is 11.8 Å². The number of carboxylic acid groups (broad SMARTS) is 2. The minimum Gasteiger partial charge on any atom is -0.616 e. The van der Waals surface area contributed by atoms with E-state index in [1.807, 2.05) is 13.8 Å². The molecule has 0 spiro atoms. The maximum atomic E-state index is 12.3. The zero-order chi connectivity index (χ0) is 30.8. The fourth-order valence-electron chi connectivity index (χ4n) is 4.35. The Balaban J connectivity index is -0.000000262. The van der Waals surface area contributed by atoms with Gasteiger partial charge in [-0.25, -0.2) is 0 Å². The number of carbonyl (C=O) groups is 3. The molecule has 8 heteroatoms. The Kier molecular flexibility index (Phi) is 36.4. The molecule has 3 unspecified atom stereocenters. The summed E-state index contributed by atoms with van der Waals surface area (Å²) in [6.07, 6.45) is 11.6. The predicted octanol–water partition coefficient (Wildman–Crippen LogP) is 9.62. The first-order valence-electron chi connectivity index (χ1n) is 16.0. The number of rotatable bonds is 20. The Bertz CT molecular complexity index is 564. The molecule has 0 saturated heterocycles. The number of carboxylic acids is 2.